The maximum Gasteiger partial charge on any atom is 0.238 e. The van der Waals surface area contributed by atoms with E-state index in [1.807, 2.05) is 6.92 Å². The molecule has 0 spiro atoms. The fraction of sp³-hybridized carbons (Fsp3) is 0.167. The second kappa shape index (κ2) is 6.16. The van der Waals surface area contributed by atoms with Gasteiger partial charge in [0.2, 0.25) is 11.8 Å². The average molecular weight is 347 g/mol. The van der Waals surface area contributed by atoms with Crippen molar-refractivity contribution in [2.75, 3.05) is 11.9 Å². The SMILES string of the molecule is CCNc1ncc(Br)c(Oc2ccc(Cl)c(F)c2)n1. The van der Waals surface area contributed by atoms with Crippen LogP contribution in [0.1, 0.15) is 6.92 Å². The molecule has 0 unspecified atom stereocenters. The minimum atomic E-state index is -0.545. The molecule has 0 fully saturated rings. The summed E-state index contributed by atoms with van der Waals surface area (Å²) in [5.74, 6) is 0.503. The average Bonchev–Trinajstić information content (AvgIpc) is 2.38. The van der Waals surface area contributed by atoms with E-state index in [1.165, 1.54) is 12.1 Å². The summed E-state index contributed by atoms with van der Waals surface area (Å²) >= 11 is 8.88. The maximum absolute atomic E-state index is 13.3. The van der Waals surface area contributed by atoms with Crippen molar-refractivity contribution in [3.63, 3.8) is 0 Å². The van der Waals surface area contributed by atoms with Crippen molar-refractivity contribution in [1.82, 2.24) is 9.97 Å². The van der Waals surface area contributed by atoms with Gasteiger partial charge in [-0.2, -0.15) is 4.98 Å². The largest absolute Gasteiger partial charge is 0.438 e. The fourth-order valence-electron chi connectivity index (χ4n) is 1.32. The van der Waals surface area contributed by atoms with Crippen LogP contribution in [0.3, 0.4) is 0 Å². The molecule has 0 bridgehead atoms. The van der Waals surface area contributed by atoms with Crippen LogP contribution in [-0.4, -0.2) is 16.5 Å². The van der Waals surface area contributed by atoms with Crippen molar-refractivity contribution < 1.29 is 9.13 Å². The van der Waals surface area contributed by atoms with E-state index in [2.05, 4.69) is 31.2 Å². The molecule has 0 saturated carbocycles. The Balaban J connectivity index is 2.26. The first-order valence-electron chi connectivity index (χ1n) is 5.49. The predicted molar refractivity (Wildman–Crippen MR) is 75.4 cm³/mol. The minimum absolute atomic E-state index is 0.0439. The zero-order valence-electron chi connectivity index (χ0n) is 9.95. The van der Waals surface area contributed by atoms with E-state index in [-0.39, 0.29) is 5.02 Å². The summed E-state index contributed by atoms with van der Waals surface area (Å²) in [6, 6.07) is 4.18. The van der Waals surface area contributed by atoms with Gasteiger partial charge >= 0.3 is 0 Å². The van der Waals surface area contributed by atoms with Gasteiger partial charge in [0.05, 0.1) is 15.7 Å². The van der Waals surface area contributed by atoms with Gasteiger partial charge in [0.25, 0.3) is 0 Å². The zero-order valence-corrected chi connectivity index (χ0v) is 12.3. The van der Waals surface area contributed by atoms with Crippen LogP contribution in [0.15, 0.2) is 28.9 Å². The molecular formula is C12H10BrClFN3O. The first-order valence-corrected chi connectivity index (χ1v) is 6.66. The monoisotopic (exact) mass is 345 g/mol. The second-order valence-corrected chi connectivity index (χ2v) is 4.82. The molecule has 0 aliphatic carbocycles. The molecule has 1 aromatic heterocycles. The Labute approximate surface area is 123 Å². The van der Waals surface area contributed by atoms with Crippen molar-refractivity contribution in [1.29, 1.82) is 0 Å². The minimum Gasteiger partial charge on any atom is -0.438 e. The number of rotatable bonds is 4. The molecule has 0 atom stereocenters. The summed E-state index contributed by atoms with van der Waals surface area (Å²) in [5, 5.41) is 3.01. The third-order valence-corrected chi connectivity index (χ3v) is 3.00. The quantitative estimate of drug-likeness (QED) is 0.899. The Morgan fingerprint density at radius 2 is 2.26 bits per heavy atom. The summed E-state index contributed by atoms with van der Waals surface area (Å²) in [6.07, 6.45) is 1.56. The molecule has 100 valence electrons. The fourth-order valence-corrected chi connectivity index (χ4v) is 1.71. The molecule has 0 amide bonds. The number of nitrogens with zero attached hydrogens (tertiary/aromatic N) is 2. The standard InChI is InChI=1S/C12H10BrClFN3O/c1-2-16-12-17-6-8(13)11(18-12)19-7-3-4-9(14)10(15)5-7/h3-6H,2H2,1H3,(H,16,17,18). The molecule has 1 aromatic carbocycles. The van der Waals surface area contributed by atoms with E-state index < -0.39 is 5.82 Å². The van der Waals surface area contributed by atoms with Gasteiger partial charge in [-0.1, -0.05) is 11.6 Å². The number of benzene rings is 1. The Bertz CT molecular complexity index is 597. The smallest absolute Gasteiger partial charge is 0.238 e. The van der Waals surface area contributed by atoms with Crippen LogP contribution < -0.4 is 10.1 Å². The Morgan fingerprint density at radius 3 is 2.95 bits per heavy atom. The predicted octanol–water partition coefficient (Wildman–Crippen LogP) is 4.26. The van der Waals surface area contributed by atoms with Crippen molar-refractivity contribution in [2.24, 2.45) is 0 Å². The van der Waals surface area contributed by atoms with Crippen LogP contribution in [0.4, 0.5) is 10.3 Å². The normalized spacial score (nSPS) is 10.3. The zero-order chi connectivity index (χ0) is 13.8. The second-order valence-electron chi connectivity index (χ2n) is 3.56. The third kappa shape index (κ3) is 3.54. The van der Waals surface area contributed by atoms with Crippen LogP contribution >= 0.6 is 27.5 Å². The highest BCUT2D eigenvalue weighted by atomic mass is 79.9. The number of nitrogens with one attached hydrogen (secondary N) is 1. The Hall–Kier alpha value is -1.40. The van der Waals surface area contributed by atoms with E-state index in [1.54, 1.807) is 12.3 Å². The van der Waals surface area contributed by atoms with Crippen LogP contribution in [0.25, 0.3) is 0 Å². The van der Waals surface area contributed by atoms with Gasteiger partial charge in [-0.05, 0) is 35.0 Å². The molecule has 1 heterocycles. The lowest BCUT2D eigenvalue weighted by Crippen LogP contribution is -2.03. The molecular weight excluding hydrogens is 337 g/mol. The molecule has 4 nitrogen and oxygen atoms in total. The highest BCUT2D eigenvalue weighted by molar-refractivity contribution is 9.10. The topological polar surface area (TPSA) is 47.0 Å². The molecule has 7 heteroatoms. The van der Waals surface area contributed by atoms with Gasteiger partial charge in [-0.25, -0.2) is 9.37 Å². The summed E-state index contributed by atoms with van der Waals surface area (Å²) in [5.41, 5.74) is 0. The number of halogens is 3. The van der Waals surface area contributed by atoms with Gasteiger partial charge < -0.3 is 10.1 Å². The van der Waals surface area contributed by atoms with Crippen LogP contribution in [0, 0.1) is 5.82 Å². The van der Waals surface area contributed by atoms with E-state index in [9.17, 15) is 4.39 Å². The van der Waals surface area contributed by atoms with Crippen molar-refractivity contribution in [2.45, 2.75) is 6.92 Å². The lowest BCUT2D eigenvalue weighted by molar-refractivity contribution is 0.454. The third-order valence-electron chi connectivity index (χ3n) is 2.15. The summed E-state index contributed by atoms with van der Waals surface area (Å²) < 4.78 is 19.4. The lowest BCUT2D eigenvalue weighted by Gasteiger charge is -2.08. The van der Waals surface area contributed by atoms with Gasteiger partial charge in [0.1, 0.15) is 11.6 Å². The molecule has 0 aliphatic heterocycles. The van der Waals surface area contributed by atoms with Crippen molar-refractivity contribution >= 4 is 33.5 Å². The maximum atomic E-state index is 13.3. The van der Waals surface area contributed by atoms with Crippen molar-refractivity contribution in [3.05, 3.63) is 39.7 Å². The van der Waals surface area contributed by atoms with E-state index in [0.29, 0.717) is 28.6 Å². The molecule has 19 heavy (non-hydrogen) atoms. The molecule has 0 radical (unpaired) electrons. The number of hydrogen-bond donors (Lipinski definition) is 1. The molecule has 2 aromatic rings. The van der Waals surface area contributed by atoms with E-state index in [4.69, 9.17) is 16.3 Å². The summed E-state index contributed by atoms with van der Waals surface area (Å²) in [6.45, 7) is 2.62. The number of ether oxygens (including phenoxy) is 1. The van der Waals surface area contributed by atoms with Gasteiger partial charge in [-0.15, -0.1) is 0 Å². The van der Waals surface area contributed by atoms with E-state index in [0.717, 1.165) is 0 Å². The molecule has 2 rings (SSSR count). The Morgan fingerprint density at radius 1 is 1.47 bits per heavy atom. The van der Waals surface area contributed by atoms with Gasteiger partial charge in [0, 0.05) is 12.6 Å². The highest BCUT2D eigenvalue weighted by Crippen LogP contribution is 2.29. The highest BCUT2D eigenvalue weighted by Gasteiger charge is 2.09. The number of anilines is 1. The number of hydrogen-bond acceptors (Lipinski definition) is 4. The van der Waals surface area contributed by atoms with E-state index >= 15 is 0 Å². The van der Waals surface area contributed by atoms with Gasteiger partial charge in [-0.3, -0.25) is 0 Å². The van der Waals surface area contributed by atoms with Crippen molar-refractivity contribution in [3.8, 4) is 11.6 Å². The van der Waals surface area contributed by atoms with Crippen LogP contribution in [0.2, 0.25) is 5.02 Å². The molecule has 0 saturated heterocycles. The summed E-state index contributed by atoms with van der Waals surface area (Å²) in [7, 11) is 0. The Kier molecular flexibility index (Phi) is 4.55. The first kappa shape index (κ1) is 14.0. The van der Waals surface area contributed by atoms with Gasteiger partial charge in [0.15, 0.2) is 0 Å². The summed E-state index contributed by atoms with van der Waals surface area (Å²) in [4.78, 5) is 8.22. The molecule has 1 N–H and O–H groups in total. The lowest BCUT2D eigenvalue weighted by atomic mass is 10.3. The number of aromatic nitrogens is 2. The van der Waals surface area contributed by atoms with Crippen LogP contribution in [0.5, 0.6) is 11.6 Å². The first-order chi connectivity index (χ1) is 9.10. The molecule has 0 aliphatic rings. The van der Waals surface area contributed by atoms with Crippen LogP contribution in [-0.2, 0) is 0 Å².